The van der Waals surface area contributed by atoms with Gasteiger partial charge in [-0.1, -0.05) is 13.3 Å². The molecule has 21 heavy (non-hydrogen) atoms. The Balaban J connectivity index is 2.22. The van der Waals surface area contributed by atoms with Crippen molar-refractivity contribution < 1.29 is 14.3 Å². The number of carbonyl (C=O) groups excluding carboxylic acids is 2. The molecule has 0 unspecified atom stereocenters. The molecule has 0 bridgehead atoms. The van der Waals surface area contributed by atoms with Gasteiger partial charge in [-0.05, 0) is 37.2 Å². The van der Waals surface area contributed by atoms with Crippen molar-refractivity contribution in [1.29, 1.82) is 0 Å². The zero-order valence-corrected chi connectivity index (χ0v) is 12.6. The lowest BCUT2D eigenvalue weighted by molar-refractivity contribution is -0.123. The van der Waals surface area contributed by atoms with Crippen molar-refractivity contribution in [3.63, 3.8) is 0 Å². The molecule has 1 aromatic carbocycles. The molecule has 0 heterocycles. The number of rotatable bonds is 9. The second-order valence-electron chi connectivity index (χ2n) is 4.58. The monoisotopic (exact) mass is 293 g/mol. The molecule has 0 saturated carbocycles. The maximum Gasteiger partial charge on any atom is 0.243 e. The van der Waals surface area contributed by atoms with E-state index in [0.29, 0.717) is 5.69 Å². The molecule has 0 spiro atoms. The van der Waals surface area contributed by atoms with Crippen LogP contribution in [0.25, 0.3) is 0 Å². The number of nitrogens with one attached hydrogen (secondary N) is 3. The summed E-state index contributed by atoms with van der Waals surface area (Å²) in [6.07, 6.45) is 2.12. The Kier molecular flexibility index (Phi) is 7.89. The van der Waals surface area contributed by atoms with Crippen LogP contribution in [0.4, 0.5) is 5.69 Å². The molecule has 2 amide bonds. The number of hydrogen-bond donors (Lipinski definition) is 3. The van der Waals surface area contributed by atoms with Gasteiger partial charge in [-0.2, -0.15) is 0 Å². The standard InChI is InChI=1S/C15H23N3O3/c1-3-4-9-16-10-14(19)17-11-15(20)18-12-5-7-13(21-2)8-6-12/h5-8,16H,3-4,9-11H2,1-2H3,(H,17,19)(H,18,20). The van der Waals surface area contributed by atoms with Gasteiger partial charge in [0.15, 0.2) is 0 Å². The summed E-state index contributed by atoms with van der Waals surface area (Å²) >= 11 is 0. The Labute approximate surface area is 125 Å². The van der Waals surface area contributed by atoms with Gasteiger partial charge < -0.3 is 20.7 Å². The highest BCUT2D eigenvalue weighted by molar-refractivity contribution is 5.94. The minimum atomic E-state index is -0.262. The molecular formula is C15H23N3O3. The Hall–Kier alpha value is -2.08. The zero-order chi connectivity index (χ0) is 15.5. The molecule has 0 radical (unpaired) electrons. The Bertz CT molecular complexity index is 446. The summed E-state index contributed by atoms with van der Waals surface area (Å²) < 4.78 is 5.03. The highest BCUT2D eigenvalue weighted by Gasteiger charge is 2.05. The van der Waals surface area contributed by atoms with E-state index in [0.717, 1.165) is 25.1 Å². The number of ether oxygens (including phenoxy) is 1. The average Bonchev–Trinajstić information content (AvgIpc) is 2.50. The summed E-state index contributed by atoms with van der Waals surface area (Å²) in [7, 11) is 1.58. The molecule has 3 N–H and O–H groups in total. The van der Waals surface area contributed by atoms with E-state index >= 15 is 0 Å². The van der Waals surface area contributed by atoms with Gasteiger partial charge in [0.1, 0.15) is 5.75 Å². The van der Waals surface area contributed by atoms with E-state index in [1.165, 1.54) is 0 Å². The summed E-state index contributed by atoms with van der Waals surface area (Å²) in [5, 5.41) is 8.27. The van der Waals surface area contributed by atoms with Crippen molar-refractivity contribution in [2.75, 3.05) is 32.1 Å². The lowest BCUT2D eigenvalue weighted by atomic mass is 10.3. The third kappa shape index (κ3) is 7.31. The third-order valence-electron chi connectivity index (χ3n) is 2.81. The van der Waals surface area contributed by atoms with Crippen molar-refractivity contribution in [2.24, 2.45) is 0 Å². The van der Waals surface area contributed by atoms with Crippen molar-refractivity contribution in [2.45, 2.75) is 19.8 Å². The van der Waals surface area contributed by atoms with Crippen molar-refractivity contribution in [3.05, 3.63) is 24.3 Å². The molecule has 0 fully saturated rings. The predicted octanol–water partition coefficient (Wildman–Crippen LogP) is 1.14. The number of amides is 2. The summed E-state index contributed by atoms with van der Waals surface area (Å²) in [6.45, 7) is 3.09. The molecule has 6 nitrogen and oxygen atoms in total. The lowest BCUT2D eigenvalue weighted by Crippen LogP contribution is -2.38. The molecule has 0 aliphatic carbocycles. The van der Waals surface area contributed by atoms with Gasteiger partial charge >= 0.3 is 0 Å². The van der Waals surface area contributed by atoms with Gasteiger partial charge in [-0.25, -0.2) is 0 Å². The molecule has 1 rings (SSSR count). The minimum Gasteiger partial charge on any atom is -0.497 e. The van der Waals surface area contributed by atoms with Crippen LogP contribution in [0.1, 0.15) is 19.8 Å². The van der Waals surface area contributed by atoms with Crippen LogP contribution >= 0.6 is 0 Å². The molecule has 0 aromatic heterocycles. The number of methoxy groups -OCH3 is 1. The zero-order valence-electron chi connectivity index (χ0n) is 12.6. The number of benzene rings is 1. The van der Waals surface area contributed by atoms with Gasteiger partial charge in [0, 0.05) is 5.69 Å². The number of anilines is 1. The number of carbonyl (C=O) groups is 2. The van der Waals surface area contributed by atoms with Crippen LogP contribution in [0.2, 0.25) is 0 Å². The Morgan fingerprint density at radius 2 is 1.81 bits per heavy atom. The van der Waals surface area contributed by atoms with Crippen LogP contribution in [0, 0.1) is 0 Å². The molecule has 1 aromatic rings. The van der Waals surface area contributed by atoms with Crippen LogP contribution in [0.15, 0.2) is 24.3 Å². The van der Waals surface area contributed by atoms with E-state index in [9.17, 15) is 9.59 Å². The van der Waals surface area contributed by atoms with Crippen molar-refractivity contribution in [3.8, 4) is 5.75 Å². The number of unbranched alkanes of at least 4 members (excludes halogenated alkanes) is 1. The van der Waals surface area contributed by atoms with E-state index in [4.69, 9.17) is 4.74 Å². The van der Waals surface area contributed by atoms with Gasteiger partial charge in [0.25, 0.3) is 0 Å². The second-order valence-corrected chi connectivity index (χ2v) is 4.58. The highest BCUT2D eigenvalue weighted by atomic mass is 16.5. The summed E-state index contributed by atoms with van der Waals surface area (Å²) in [5.74, 6) is 0.275. The molecular weight excluding hydrogens is 270 g/mol. The molecule has 0 aliphatic heterocycles. The van der Waals surface area contributed by atoms with E-state index in [1.54, 1.807) is 31.4 Å². The molecule has 0 aliphatic rings. The first kappa shape index (κ1) is 17.0. The first-order valence-corrected chi connectivity index (χ1v) is 7.07. The molecule has 6 heteroatoms. The smallest absolute Gasteiger partial charge is 0.243 e. The molecule has 0 saturated heterocycles. The first-order chi connectivity index (χ1) is 10.2. The van der Waals surface area contributed by atoms with E-state index < -0.39 is 0 Å². The van der Waals surface area contributed by atoms with Crippen molar-refractivity contribution in [1.82, 2.24) is 10.6 Å². The SMILES string of the molecule is CCCCNCC(=O)NCC(=O)Nc1ccc(OC)cc1. The van der Waals surface area contributed by atoms with Gasteiger partial charge in [-0.3, -0.25) is 9.59 Å². The topological polar surface area (TPSA) is 79.5 Å². The predicted molar refractivity (Wildman–Crippen MR) is 82.4 cm³/mol. The maximum atomic E-state index is 11.7. The number of hydrogen-bond acceptors (Lipinski definition) is 4. The van der Waals surface area contributed by atoms with Crippen LogP contribution in [-0.2, 0) is 9.59 Å². The lowest BCUT2D eigenvalue weighted by Gasteiger charge is -2.08. The largest absolute Gasteiger partial charge is 0.497 e. The second kappa shape index (κ2) is 9.77. The fourth-order valence-corrected chi connectivity index (χ4v) is 1.62. The molecule has 0 atom stereocenters. The fraction of sp³-hybridized carbons (Fsp3) is 0.467. The van der Waals surface area contributed by atoms with Gasteiger partial charge in [0.05, 0.1) is 20.2 Å². The third-order valence-corrected chi connectivity index (χ3v) is 2.81. The maximum absolute atomic E-state index is 11.7. The molecule has 116 valence electrons. The summed E-state index contributed by atoms with van der Waals surface area (Å²) in [4.78, 5) is 23.1. The van der Waals surface area contributed by atoms with Crippen LogP contribution in [0.3, 0.4) is 0 Å². The minimum absolute atomic E-state index is 0.0413. The van der Waals surface area contributed by atoms with E-state index in [2.05, 4.69) is 22.9 Å². The Morgan fingerprint density at radius 3 is 2.43 bits per heavy atom. The van der Waals surface area contributed by atoms with E-state index in [-0.39, 0.29) is 24.9 Å². The normalized spacial score (nSPS) is 10.0. The fourth-order valence-electron chi connectivity index (χ4n) is 1.62. The Morgan fingerprint density at radius 1 is 1.10 bits per heavy atom. The van der Waals surface area contributed by atoms with Crippen LogP contribution in [0.5, 0.6) is 5.75 Å². The highest BCUT2D eigenvalue weighted by Crippen LogP contribution is 2.14. The van der Waals surface area contributed by atoms with Crippen LogP contribution in [-0.4, -0.2) is 38.6 Å². The van der Waals surface area contributed by atoms with Crippen LogP contribution < -0.4 is 20.7 Å². The van der Waals surface area contributed by atoms with E-state index in [1.807, 2.05) is 0 Å². The van der Waals surface area contributed by atoms with Gasteiger partial charge in [0.2, 0.25) is 11.8 Å². The van der Waals surface area contributed by atoms with Crippen molar-refractivity contribution >= 4 is 17.5 Å². The summed E-state index contributed by atoms with van der Waals surface area (Å²) in [5.41, 5.74) is 0.663. The van der Waals surface area contributed by atoms with Gasteiger partial charge in [-0.15, -0.1) is 0 Å². The first-order valence-electron chi connectivity index (χ1n) is 7.07. The quantitative estimate of drug-likeness (QED) is 0.597. The summed E-state index contributed by atoms with van der Waals surface area (Å²) in [6, 6.07) is 6.99. The average molecular weight is 293 g/mol.